The molecule has 1 amide bonds. The van der Waals surface area contributed by atoms with Gasteiger partial charge in [-0.15, -0.1) is 0 Å². The first kappa shape index (κ1) is 24.8. The Labute approximate surface area is 198 Å². The summed E-state index contributed by atoms with van der Waals surface area (Å²) in [5.41, 5.74) is 0.915. The van der Waals surface area contributed by atoms with Gasteiger partial charge >= 0.3 is 6.09 Å². The van der Waals surface area contributed by atoms with Gasteiger partial charge in [-0.3, -0.25) is 9.72 Å². The Morgan fingerprint density at radius 3 is 2.36 bits per heavy atom. The third-order valence-corrected chi connectivity index (χ3v) is 7.30. The van der Waals surface area contributed by atoms with Gasteiger partial charge in [-0.25, -0.2) is 23.2 Å². The van der Waals surface area contributed by atoms with E-state index in [9.17, 15) is 13.2 Å². The normalized spacial score (nSPS) is 12.6. The fraction of sp³-hybridized carbons (Fsp3) is 0.409. The zero-order valence-corrected chi connectivity index (χ0v) is 21.1. The number of ether oxygens (including phenoxy) is 2. The molecule has 0 saturated carbocycles. The number of pyridine rings is 2. The Morgan fingerprint density at radius 1 is 1.12 bits per heavy atom. The van der Waals surface area contributed by atoms with Gasteiger partial charge in [0.15, 0.2) is 9.84 Å². The topological polar surface area (TPSA) is 112 Å². The van der Waals surface area contributed by atoms with E-state index in [1.54, 1.807) is 70.3 Å². The molecule has 0 saturated heterocycles. The highest BCUT2D eigenvalue weighted by molar-refractivity contribution is 7.92. The molecule has 0 aliphatic rings. The molecule has 9 nitrogen and oxygen atoms in total. The second-order valence-electron chi connectivity index (χ2n) is 9.38. The smallest absolute Gasteiger partial charge is 0.413 e. The Hall–Kier alpha value is -2.85. The predicted octanol–water partition coefficient (Wildman–Crippen LogP) is 4.98. The molecule has 0 radical (unpaired) electrons. The van der Waals surface area contributed by atoms with Crippen LogP contribution in [0.4, 0.5) is 10.6 Å². The number of halogens is 1. The molecule has 0 bridgehead atoms. The van der Waals surface area contributed by atoms with E-state index in [4.69, 9.17) is 21.1 Å². The van der Waals surface area contributed by atoms with E-state index in [1.807, 2.05) is 0 Å². The Balaban J connectivity index is 2.13. The molecule has 0 spiro atoms. The van der Waals surface area contributed by atoms with Crippen molar-refractivity contribution >= 4 is 39.0 Å². The molecule has 33 heavy (non-hydrogen) atoms. The summed E-state index contributed by atoms with van der Waals surface area (Å²) in [4.78, 5) is 20.7. The summed E-state index contributed by atoms with van der Waals surface area (Å²) >= 11 is 6.20. The van der Waals surface area contributed by atoms with Gasteiger partial charge in [0.25, 0.3) is 0 Å². The lowest BCUT2D eigenvalue weighted by molar-refractivity contribution is 0.0635. The number of hydrogen-bond acceptors (Lipinski definition) is 7. The minimum Gasteiger partial charge on any atom is -0.495 e. The summed E-state index contributed by atoms with van der Waals surface area (Å²) < 4.78 is 37.6. The van der Waals surface area contributed by atoms with Crippen molar-refractivity contribution in [2.45, 2.75) is 56.8 Å². The quantitative estimate of drug-likeness (QED) is 0.509. The second kappa shape index (κ2) is 8.49. The molecular weight excluding hydrogens is 468 g/mol. The molecule has 1 N–H and O–H groups in total. The van der Waals surface area contributed by atoms with Crippen molar-refractivity contribution in [1.29, 1.82) is 0 Å². The Bertz CT molecular complexity index is 1320. The first-order valence-corrected chi connectivity index (χ1v) is 12.0. The molecule has 3 heterocycles. The van der Waals surface area contributed by atoms with Crippen LogP contribution in [-0.2, 0) is 14.6 Å². The van der Waals surface area contributed by atoms with Gasteiger partial charge in [0, 0.05) is 17.8 Å². The van der Waals surface area contributed by atoms with E-state index < -0.39 is 26.3 Å². The molecule has 3 aromatic heterocycles. The summed E-state index contributed by atoms with van der Waals surface area (Å²) in [6.07, 6.45) is 2.38. The first-order valence-electron chi connectivity index (χ1n) is 10.1. The van der Waals surface area contributed by atoms with Crippen molar-refractivity contribution in [3.8, 4) is 17.0 Å². The highest BCUT2D eigenvalue weighted by atomic mass is 35.5. The highest BCUT2D eigenvalue weighted by Gasteiger charge is 2.34. The van der Waals surface area contributed by atoms with Gasteiger partial charge in [0.05, 0.1) is 23.7 Å². The van der Waals surface area contributed by atoms with Gasteiger partial charge in [0.2, 0.25) is 0 Å². The summed E-state index contributed by atoms with van der Waals surface area (Å²) in [5.74, 6) is 0.382. The van der Waals surface area contributed by atoms with E-state index in [2.05, 4.69) is 15.3 Å². The molecule has 0 aliphatic carbocycles. The van der Waals surface area contributed by atoms with Gasteiger partial charge < -0.3 is 9.47 Å². The minimum absolute atomic E-state index is 0.0384. The molecule has 3 rings (SSSR count). The average molecular weight is 495 g/mol. The fourth-order valence-electron chi connectivity index (χ4n) is 3.01. The lowest BCUT2D eigenvalue weighted by Gasteiger charge is -2.21. The van der Waals surface area contributed by atoms with Crippen LogP contribution < -0.4 is 10.1 Å². The second-order valence-corrected chi connectivity index (χ2v) is 12.4. The molecule has 0 aromatic carbocycles. The maximum atomic E-state index is 13.2. The Morgan fingerprint density at radius 2 is 1.79 bits per heavy atom. The molecule has 0 atom stereocenters. The first-order chi connectivity index (χ1) is 15.1. The molecular formula is C22H27ClN4O5S. The van der Waals surface area contributed by atoms with Crippen LogP contribution in [0.25, 0.3) is 16.9 Å². The average Bonchev–Trinajstić information content (AvgIpc) is 3.06. The van der Waals surface area contributed by atoms with Crippen molar-refractivity contribution in [1.82, 2.24) is 14.4 Å². The number of rotatable bonds is 4. The van der Waals surface area contributed by atoms with E-state index in [0.29, 0.717) is 16.9 Å². The molecule has 0 aliphatic heterocycles. The number of amides is 1. The number of imidazole rings is 1. The lowest BCUT2D eigenvalue weighted by atomic mass is 10.2. The number of fused-ring (bicyclic) bond motifs is 1. The van der Waals surface area contributed by atoms with Crippen LogP contribution in [0, 0.1) is 0 Å². The van der Waals surface area contributed by atoms with E-state index in [-0.39, 0.29) is 21.6 Å². The fourth-order valence-corrected chi connectivity index (χ4v) is 4.53. The molecule has 0 unspecified atom stereocenters. The number of carbonyl (C=O) groups is 1. The van der Waals surface area contributed by atoms with Crippen LogP contribution in [0.1, 0.15) is 41.5 Å². The highest BCUT2D eigenvalue weighted by Crippen LogP contribution is 2.35. The van der Waals surface area contributed by atoms with Crippen molar-refractivity contribution in [3.63, 3.8) is 0 Å². The number of methoxy groups -OCH3 is 1. The summed E-state index contributed by atoms with van der Waals surface area (Å²) in [6, 6.07) is 4.75. The Kier molecular flexibility index (Phi) is 6.38. The predicted molar refractivity (Wildman–Crippen MR) is 127 cm³/mol. The van der Waals surface area contributed by atoms with Crippen molar-refractivity contribution in [2.75, 3.05) is 12.4 Å². The van der Waals surface area contributed by atoms with Gasteiger partial charge in [-0.05, 0) is 53.7 Å². The maximum Gasteiger partial charge on any atom is 0.413 e. The number of sulfone groups is 1. The molecule has 178 valence electrons. The number of carbonyl (C=O) groups excluding carboxylic acids is 1. The largest absolute Gasteiger partial charge is 0.495 e. The van der Waals surface area contributed by atoms with Crippen molar-refractivity contribution in [2.24, 2.45) is 0 Å². The zero-order valence-electron chi connectivity index (χ0n) is 19.6. The van der Waals surface area contributed by atoms with E-state index in [0.717, 1.165) is 0 Å². The van der Waals surface area contributed by atoms with Crippen LogP contribution in [-0.4, -0.2) is 46.3 Å². The van der Waals surface area contributed by atoms with Crippen LogP contribution >= 0.6 is 11.6 Å². The van der Waals surface area contributed by atoms with Gasteiger partial charge in [0.1, 0.15) is 32.9 Å². The van der Waals surface area contributed by atoms with E-state index in [1.165, 1.54) is 13.3 Å². The van der Waals surface area contributed by atoms with Gasteiger partial charge in [-0.1, -0.05) is 11.6 Å². The number of aromatic nitrogens is 3. The van der Waals surface area contributed by atoms with Crippen LogP contribution in [0.3, 0.4) is 0 Å². The summed E-state index contributed by atoms with van der Waals surface area (Å²) in [5, 5.41) is 2.69. The number of nitrogens with zero attached hydrogens (tertiary/aromatic N) is 3. The van der Waals surface area contributed by atoms with Gasteiger partial charge in [-0.2, -0.15) is 0 Å². The SMILES string of the molecule is COc1cc2ncc(-c3cc(Cl)nc(NC(=O)OC(C)(C)C)c3)n2cc1S(=O)(=O)C(C)(C)C. The lowest BCUT2D eigenvalue weighted by Crippen LogP contribution is -2.28. The van der Waals surface area contributed by atoms with E-state index >= 15 is 0 Å². The number of hydrogen-bond donors (Lipinski definition) is 1. The zero-order chi connectivity index (χ0) is 24.8. The number of nitrogens with one attached hydrogen (secondary N) is 1. The van der Waals surface area contributed by atoms with Crippen LogP contribution in [0.15, 0.2) is 35.5 Å². The maximum absolute atomic E-state index is 13.2. The summed E-state index contributed by atoms with van der Waals surface area (Å²) in [6.45, 7) is 10.1. The standard InChI is InChI=1S/C22H27ClN4O5S/c1-21(2,3)32-20(28)26-18-9-13(8-17(23)25-18)14-11-24-19-10-15(31-7)16(12-27(14)19)33(29,30)22(4,5)6/h8-12H,1-7H3,(H,25,26,28). The molecule has 11 heteroatoms. The third-order valence-electron chi connectivity index (χ3n) is 4.61. The molecule has 3 aromatic rings. The van der Waals surface area contributed by atoms with Crippen molar-refractivity contribution in [3.05, 3.63) is 35.7 Å². The molecule has 0 fully saturated rings. The minimum atomic E-state index is -3.72. The third kappa shape index (κ3) is 5.22. The summed E-state index contributed by atoms with van der Waals surface area (Å²) in [7, 11) is -2.31. The monoisotopic (exact) mass is 494 g/mol. The van der Waals surface area contributed by atoms with Crippen LogP contribution in [0.5, 0.6) is 5.75 Å². The van der Waals surface area contributed by atoms with Crippen LogP contribution in [0.2, 0.25) is 5.15 Å². The van der Waals surface area contributed by atoms with Crippen molar-refractivity contribution < 1.29 is 22.7 Å². The number of anilines is 1.